The minimum Gasteiger partial charge on any atom is -0.454 e. The first-order chi connectivity index (χ1) is 16.1. The summed E-state index contributed by atoms with van der Waals surface area (Å²) in [6.07, 6.45) is 3.99. The zero-order valence-corrected chi connectivity index (χ0v) is 20.2. The maximum Gasteiger partial charge on any atom is 0.348 e. The second kappa shape index (κ2) is 11.1. The number of ether oxygens (including phenoxy) is 2. The van der Waals surface area contributed by atoms with Gasteiger partial charge in [0.25, 0.3) is 0 Å². The number of hydrogen-bond acceptors (Lipinski definition) is 7. The summed E-state index contributed by atoms with van der Waals surface area (Å²) in [5.74, 6) is 1.57. The SMILES string of the molecule is CCN(CC)CCn1c2c(c(SCC(=O)NCc3ccc4c(c3)OCO4)nc1=O)CCCC2. The molecule has 0 fully saturated rings. The van der Waals surface area contributed by atoms with Gasteiger partial charge in [0.05, 0.1) is 5.75 Å². The molecular weight excluding hydrogens is 440 g/mol. The molecule has 0 unspecified atom stereocenters. The molecule has 9 heteroatoms. The van der Waals surface area contributed by atoms with Crippen LogP contribution in [0.2, 0.25) is 0 Å². The van der Waals surface area contributed by atoms with Crippen LogP contribution in [0.3, 0.4) is 0 Å². The van der Waals surface area contributed by atoms with Crippen LogP contribution in [0.1, 0.15) is 43.5 Å². The standard InChI is InChI=1S/C24H32N4O4S/c1-3-27(4-2)11-12-28-19-8-6-5-7-18(19)23(26-24(28)30)33-15-22(29)25-14-17-9-10-20-21(13-17)32-16-31-20/h9-10,13H,3-8,11-12,14-16H2,1-2H3,(H,25,29). The second-order valence-corrected chi connectivity index (χ2v) is 9.23. The van der Waals surface area contributed by atoms with Gasteiger partial charge in [0, 0.05) is 30.9 Å². The van der Waals surface area contributed by atoms with Crippen molar-refractivity contribution in [3.8, 4) is 11.5 Å². The first kappa shape index (κ1) is 23.6. The van der Waals surface area contributed by atoms with E-state index in [1.807, 2.05) is 22.8 Å². The Morgan fingerprint density at radius 1 is 1.18 bits per heavy atom. The lowest BCUT2D eigenvalue weighted by Gasteiger charge is -2.24. The molecule has 1 amide bonds. The van der Waals surface area contributed by atoms with E-state index in [0.717, 1.165) is 67.9 Å². The lowest BCUT2D eigenvalue weighted by molar-refractivity contribution is -0.118. The van der Waals surface area contributed by atoms with Crippen LogP contribution in [0.15, 0.2) is 28.0 Å². The monoisotopic (exact) mass is 472 g/mol. The van der Waals surface area contributed by atoms with Crippen LogP contribution < -0.4 is 20.5 Å². The number of thioether (sulfide) groups is 1. The summed E-state index contributed by atoms with van der Waals surface area (Å²) < 4.78 is 12.6. The normalized spacial score (nSPS) is 14.4. The summed E-state index contributed by atoms with van der Waals surface area (Å²) in [6.45, 7) is 8.36. The van der Waals surface area contributed by atoms with Gasteiger partial charge in [0.1, 0.15) is 5.03 Å². The van der Waals surface area contributed by atoms with E-state index >= 15 is 0 Å². The van der Waals surface area contributed by atoms with Crippen LogP contribution in [-0.2, 0) is 30.7 Å². The first-order valence-electron chi connectivity index (χ1n) is 11.7. The largest absolute Gasteiger partial charge is 0.454 e. The minimum atomic E-state index is -0.203. The molecule has 0 bridgehead atoms. The number of carbonyl (C=O) groups is 1. The number of rotatable bonds is 10. The third-order valence-electron chi connectivity index (χ3n) is 6.25. The van der Waals surface area contributed by atoms with Crippen LogP contribution in [0.5, 0.6) is 11.5 Å². The van der Waals surface area contributed by atoms with Gasteiger partial charge >= 0.3 is 5.69 Å². The Bertz CT molecular complexity index is 1050. The molecular formula is C24H32N4O4S. The van der Waals surface area contributed by atoms with Crippen LogP contribution in [0, 0.1) is 0 Å². The number of hydrogen-bond donors (Lipinski definition) is 1. The number of fused-ring (bicyclic) bond motifs is 2. The van der Waals surface area contributed by atoms with Gasteiger partial charge in [-0.1, -0.05) is 31.7 Å². The first-order valence-corrected chi connectivity index (χ1v) is 12.7. The van der Waals surface area contributed by atoms with Crippen molar-refractivity contribution in [3.05, 3.63) is 45.5 Å². The molecule has 0 radical (unpaired) electrons. The molecule has 1 N–H and O–H groups in total. The van der Waals surface area contributed by atoms with Crippen molar-refractivity contribution < 1.29 is 14.3 Å². The highest BCUT2D eigenvalue weighted by molar-refractivity contribution is 7.99. The Balaban J connectivity index is 1.38. The Morgan fingerprint density at radius 2 is 1.97 bits per heavy atom. The third-order valence-corrected chi connectivity index (χ3v) is 7.27. The maximum atomic E-state index is 12.8. The van der Waals surface area contributed by atoms with E-state index < -0.39 is 0 Å². The van der Waals surface area contributed by atoms with Crippen molar-refractivity contribution in [2.24, 2.45) is 0 Å². The highest BCUT2D eigenvalue weighted by Crippen LogP contribution is 2.32. The number of likely N-dealkylation sites (N-methyl/N-ethyl adjacent to an activating group) is 1. The smallest absolute Gasteiger partial charge is 0.348 e. The van der Waals surface area contributed by atoms with Gasteiger partial charge in [0.15, 0.2) is 11.5 Å². The van der Waals surface area contributed by atoms with Gasteiger partial charge in [-0.25, -0.2) is 4.79 Å². The molecule has 33 heavy (non-hydrogen) atoms. The number of nitrogens with zero attached hydrogens (tertiary/aromatic N) is 3. The number of carbonyl (C=O) groups excluding carboxylic acids is 1. The summed E-state index contributed by atoms with van der Waals surface area (Å²) in [7, 11) is 0. The summed E-state index contributed by atoms with van der Waals surface area (Å²) in [5, 5.41) is 3.65. The predicted octanol–water partition coefficient (Wildman–Crippen LogP) is 2.60. The molecule has 0 saturated carbocycles. The van der Waals surface area contributed by atoms with Crippen molar-refractivity contribution in [1.29, 1.82) is 0 Å². The van der Waals surface area contributed by atoms with Gasteiger partial charge in [-0.3, -0.25) is 9.36 Å². The Labute approximate surface area is 198 Å². The molecule has 178 valence electrons. The van der Waals surface area contributed by atoms with E-state index in [-0.39, 0.29) is 24.1 Å². The lowest BCUT2D eigenvalue weighted by Crippen LogP contribution is -2.35. The van der Waals surface area contributed by atoms with Gasteiger partial charge in [0.2, 0.25) is 12.7 Å². The number of amides is 1. The average molecular weight is 473 g/mol. The van der Waals surface area contributed by atoms with Crippen LogP contribution in [-0.4, -0.2) is 52.5 Å². The van der Waals surface area contributed by atoms with Crippen molar-refractivity contribution >= 4 is 17.7 Å². The van der Waals surface area contributed by atoms with Crippen molar-refractivity contribution in [2.75, 3.05) is 32.2 Å². The van der Waals surface area contributed by atoms with E-state index in [1.54, 1.807) is 0 Å². The fraction of sp³-hybridized carbons (Fsp3) is 0.542. The zero-order valence-electron chi connectivity index (χ0n) is 19.4. The molecule has 1 aromatic carbocycles. The highest BCUT2D eigenvalue weighted by Gasteiger charge is 2.21. The molecule has 4 rings (SSSR count). The summed E-state index contributed by atoms with van der Waals surface area (Å²) in [4.78, 5) is 32.0. The Kier molecular flexibility index (Phi) is 7.93. The molecule has 2 aromatic rings. The minimum absolute atomic E-state index is 0.0882. The molecule has 1 aromatic heterocycles. The van der Waals surface area contributed by atoms with E-state index in [0.29, 0.717) is 23.9 Å². The van der Waals surface area contributed by atoms with E-state index in [1.165, 1.54) is 11.8 Å². The van der Waals surface area contributed by atoms with Crippen LogP contribution >= 0.6 is 11.8 Å². The molecule has 1 aliphatic heterocycles. The fourth-order valence-corrected chi connectivity index (χ4v) is 5.22. The fourth-order valence-electron chi connectivity index (χ4n) is 4.32. The summed E-state index contributed by atoms with van der Waals surface area (Å²) >= 11 is 1.36. The van der Waals surface area contributed by atoms with Crippen LogP contribution in [0.4, 0.5) is 0 Å². The topological polar surface area (TPSA) is 85.7 Å². The predicted molar refractivity (Wildman–Crippen MR) is 128 cm³/mol. The van der Waals surface area contributed by atoms with Crippen LogP contribution in [0.25, 0.3) is 0 Å². The van der Waals surface area contributed by atoms with E-state index in [9.17, 15) is 9.59 Å². The third kappa shape index (κ3) is 5.70. The molecule has 0 spiro atoms. The average Bonchev–Trinajstić information content (AvgIpc) is 3.31. The number of benzene rings is 1. The molecule has 1 aliphatic carbocycles. The summed E-state index contributed by atoms with van der Waals surface area (Å²) in [6, 6.07) is 5.65. The van der Waals surface area contributed by atoms with E-state index in [4.69, 9.17) is 9.47 Å². The Morgan fingerprint density at radius 3 is 2.79 bits per heavy atom. The highest BCUT2D eigenvalue weighted by atomic mass is 32.2. The second-order valence-electron chi connectivity index (χ2n) is 8.26. The van der Waals surface area contributed by atoms with Gasteiger partial charge in [-0.15, -0.1) is 0 Å². The molecule has 0 atom stereocenters. The summed E-state index contributed by atoms with van der Waals surface area (Å²) in [5.41, 5.74) is 3.00. The Hall–Kier alpha value is -2.52. The van der Waals surface area contributed by atoms with Crippen molar-refractivity contribution in [1.82, 2.24) is 19.8 Å². The molecule has 0 saturated heterocycles. The van der Waals surface area contributed by atoms with Gasteiger partial charge in [-0.05, 0) is 56.5 Å². The quantitative estimate of drug-likeness (QED) is 0.420. The van der Waals surface area contributed by atoms with Crippen molar-refractivity contribution in [2.45, 2.75) is 57.6 Å². The van der Waals surface area contributed by atoms with Crippen molar-refractivity contribution in [3.63, 3.8) is 0 Å². The van der Waals surface area contributed by atoms with Gasteiger partial charge in [-0.2, -0.15) is 4.98 Å². The molecule has 2 aliphatic rings. The lowest BCUT2D eigenvalue weighted by atomic mass is 9.97. The number of nitrogens with one attached hydrogen (secondary N) is 1. The zero-order chi connectivity index (χ0) is 23.2. The number of aromatic nitrogens is 2. The van der Waals surface area contributed by atoms with E-state index in [2.05, 4.69) is 29.0 Å². The maximum absolute atomic E-state index is 12.8. The van der Waals surface area contributed by atoms with Gasteiger partial charge < -0.3 is 19.7 Å². The molecule has 8 nitrogen and oxygen atoms in total. The molecule has 2 heterocycles.